The molecule has 27 heavy (non-hydrogen) atoms. The van der Waals surface area contributed by atoms with Crippen LogP contribution >= 0.6 is 27.7 Å². The van der Waals surface area contributed by atoms with Crippen LogP contribution in [0.5, 0.6) is 0 Å². The van der Waals surface area contributed by atoms with Crippen molar-refractivity contribution in [3.05, 3.63) is 52.5 Å². The number of nitrogens with zero attached hydrogens (tertiary/aromatic N) is 1. The molecule has 3 rings (SSSR count). The predicted molar refractivity (Wildman–Crippen MR) is 113 cm³/mol. The highest BCUT2D eigenvalue weighted by Gasteiger charge is 2.26. The van der Waals surface area contributed by atoms with E-state index in [-0.39, 0.29) is 16.6 Å². The SMILES string of the molecule is Cc1cc(Br)ccc1SCC(=O)Nc1ccc(S(=O)(=O)N2CCCC2)cc1. The zero-order valence-corrected chi connectivity index (χ0v) is 18.2. The second-order valence-electron chi connectivity index (χ2n) is 6.38. The number of anilines is 1. The Bertz CT molecular complexity index is 924. The van der Waals surface area contributed by atoms with E-state index in [0.29, 0.717) is 18.8 Å². The summed E-state index contributed by atoms with van der Waals surface area (Å²) in [5.74, 6) is 0.161. The summed E-state index contributed by atoms with van der Waals surface area (Å²) in [5.41, 5.74) is 1.70. The van der Waals surface area contributed by atoms with Crippen molar-refractivity contribution >= 4 is 49.3 Å². The number of hydrogen-bond donors (Lipinski definition) is 1. The molecule has 0 bridgehead atoms. The first-order valence-electron chi connectivity index (χ1n) is 8.65. The lowest BCUT2D eigenvalue weighted by molar-refractivity contribution is -0.113. The molecule has 0 atom stereocenters. The van der Waals surface area contributed by atoms with Crippen LogP contribution in [0.25, 0.3) is 0 Å². The van der Waals surface area contributed by atoms with Gasteiger partial charge in [-0.25, -0.2) is 8.42 Å². The summed E-state index contributed by atoms with van der Waals surface area (Å²) < 4.78 is 27.6. The van der Waals surface area contributed by atoms with Gasteiger partial charge in [0.2, 0.25) is 15.9 Å². The molecule has 1 heterocycles. The number of hydrogen-bond acceptors (Lipinski definition) is 4. The van der Waals surface area contributed by atoms with Crippen molar-refractivity contribution < 1.29 is 13.2 Å². The maximum atomic E-state index is 12.5. The van der Waals surface area contributed by atoms with Gasteiger partial charge in [0.15, 0.2) is 0 Å². The van der Waals surface area contributed by atoms with E-state index < -0.39 is 10.0 Å². The lowest BCUT2D eigenvalue weighted by atomic mass is 10.2. The monoisotopic (exact) mass is 468 g/mol. The molecule has 1 aliphatic heterocycles. The Morgan fingerprint density at radius 2 is 1.81 bits per heavy atom. The minimum Gasteiger partial charge on any atom is -0.325 e. The van der Waals surface area contributed by atoms with E-state index in [9.17, 15) is 13.2 Å². The summed E-state index contributed by atoms with van der Waals surface area (Å²) >= 11 is 4.90. The Balaban J connectivity index is 1.58. The van der Waals surface area contributed by atoms with Crippen molar-refractivity contribution in [2.24, 2.45) is 0 Å². The zero-order valence-electron chi connectivity index (χ0n) is 14.9. The van der Waals surface area contributed by atoms with Gasteiger partial charge in [-0.3, -0.25) is 4.79 Å². The standard InChI is InChI=1S/C19H21BrN2O3S2/c1-14-12-15(20)4-9-18(14)26-13-19(23)21-16-5-7-17(8-6-16)27(24,25)22-10-2-3-11-22/h4-9,12H,2-3,10-11,13H2,1H3,(H,21,23). The molecule has 0 saturated carbocycles. The van der Waals surface area contributed by atoms with Crippen LogP contribution in [0.4, 0.5) is 5.69 Å². The first-order valence-corrected chi connectivity index (χ1v) is 11.9. The average Bonchev–Trinajstić information content (AvgIpc) is 3.17. The summed E-state index contributed by atoms with van der Waals surface area (Å²) in [6.45, 7) is 3.16. The largest absolute Gasteiger partial charge is 0.325 e. The van der Waals surface area contributed by atoms with Crippen molar-refractivity contribution in [3.8, 4) is 0 Å². The molecule has 8 heteroatoms. The molecule has 0 aromatic heterocycles. The van der Waals surface area contributed by atoms with E-state index in [4.69, 9.17) is 0 Å². The van der Waals surface area contributed by atoms with E-state index in [1.54, 1.807) is 24.3 Å². The van der Waals surface area contributed by atoms with Gasteiger partial charge < -0.3 is 5.32 Å². The molecule has 0 aliphatic carbocycles. The van der Waals surface area contributed by atoms with Gasteiger partial charge in [0.05, 0.1) is 10.6 Å². The van der Waals surface area contributed by atoms with Crippen LogP contribution in [0.2, 0.25) is 0 Å². The molecule has 1 amide bonds. The van der Waals surface area contributed by atoms with E-state index in [1.807, 2.05) is 25.1 Å². The minimum absolute atomic E-state index is 0.127. The smallest absolute Gasteiger partial charge is 0.243 e. The lowest BCUT2D eigenvalue weighted by Crippen LogP contribution is -2.27. The van der Waals surface area contributed by atoms with Crippen molar-refractivity contribution in [2.75, 3.05) is 24.2 Å². The molecule has 1 aliphatic rings. The Morgan fingerprint density at radius 3 is 2.44 bits per heavy atom. The first-order chi connectivity index (χ1) is 12.9. The third-order valence-electron chi connectivity index (χ3n) is 4.34. The summed E-state index contributed by atoms with van der Waals surface area (Å²) in [5, 5.41) is 2.81. The van der Waals surface area contributed by atoms with Gasteiger partial charge in [-0.2, -0.15) is 4.31 Å². The number of benzene rings is 2. The average molecular weight is 469 g/mol. The summed E-state index contributed by atoms with van der Waals surface area (Å²) in [7, 11) is -3.43. The zero-order chi connectivity index (χ0) is 19.4. The third kappa shape index (κ3) is 5.13. The molecular weight excluding hydrogens is 448 g/mol. The Morgan fingerprint density at radius 1 is 1.15 bits per heavy atom. The predicted octanol–water partition coefficient (Wildman–Crippen LogP) is 4.27. The molecule has 1 saturated heterocycles. The second kappa shape index (κ2) is 8.77. The lowest BCUT2D eigenvalue weighted by Gasteiger charge is -2.15. The number of sulfonamides is 1. The highest BCUT2D eigenvalue weighted by molar-refractivity contribution is 9.10. The second-order valence-corrected chi connectivity index (χ2v) is 10.3. The molecule has 144 valence electrons. The van der Waals surface area contributed by atoms with Crippen molar-refractivity contribution in [1.82, 2.24) is 4.31 Å². The van der Waals surface area contributed by atoms with Gasteiger partial charge in [-0.15, -0.1) is 11.8 Å². The van der Waals surface area contributed by atoms with Crippen LogP contribution < -0.4 is 5.32 Å². The van der Waals surface area contributed by atoms with Gasteiger partial charge in [-0.1, -0.05) is 15.9 Å². The van der Waals surface area contributed by atoms with Crippen molar-refractivity contribution in [1.29, 1.82) is 0 Å². The van der Waals surface area contributed by atoms with Crippen LogP contribution in [-0.2, 0) is 14.8 Å². The van der Waals surface area contributed by atoms with E-state index in [1.165, 1.54) is 16.1 Å². The molecule has 2 aromatic carbocycles. The van der Waals surface area contributed by atoms with Crippen LogP contribution in [0, 0.1) is 6.92 Å². The van der Waals surface area contributed by atoms with Gasteiger partial charge >= 0.3 is 0 Å². The fraction of sp³-hybridized carbons (Fsp3) is 0.316. The highest BCUT2D eigenvalue weighted by Crippen LogP contribution is 2.26. The fourth-order valence-corrected chi connectivity index (χ4v) is 5.71. The summed E-state index contributed by atoms with van der Waals surface area (Å²) in [6.07, 6.45) is 1.81. The van der Waals surface area contributed by atoms with E-state index in [2.05, 4.69) is 21.2 Å². The maximum absolute atomic E-state index is 12.5. The number of carbonyl (C=O) groups is 1. The topological polar surface area (TPSA) is 66.5 Å². The molecule has 0 unspecified atom stereocenters. The molecule has 2 aromatic rings. The van der Waals surface area contributed by atoms with Gasteiger partial charge in [-0.05, 0) is 67.8 Å². The van der Waals surface area contributed by atoms with Crippen LogP contribution in [0.1, 0.15) is 18.4 Å². The molecule has 5 nitrogen and oxygen atoms in total. The minimum atomic E-state index is -3.43. The van der Waals surface area contributed by atoms with Crippen LogP contribution in [-0.4, -0.2) is 37.5 Å². The summed E-state index contributed by atoms with van der Waals surface area (Å²) in [4.78, 5) is 13.5. The Labute approximate surface area is 172 Å². The number of rotatable bonds is 6. The molecular formula is C19H21BrN2O3S2. The van der Waals surface area contributed by atoms with Crippen LogP contribution in [0.15, 0.2) is 56.7 Å². The normalized spacial score (nSPS) is 15.0. The fourth-order valence-electron chi connectivity index (χ4n) is 2.90. The molecule has 1 fully saturated rings. The third-order valence-corrected chi connectivity index (χ3v) is 7.92. The number of nitrogens with one attached hydrogen (secondary N) is 1. The number of carbonyl (C=O) groups excluding carboxylic acids is 1. The number of thioether (sulfide) groups is 1. The van der Waals surface area contributed by atoms with E-state index >= 15 is 0 Å². The number of halogens is 1. The maximum Gasteiger partial charge on any atom is 0.243 e. The Kier molecular flexibility index (Phi) is 6.62. The quantitative estimate of drug-likeness (QED) is 0.642. The van der Waals surface area contributed by atoms with Gasteiger partial charge in [0, 0.05) is 28.1 Å². The first kappa shape index (κ1) is 20.4. The molecule has 0 spiro atoms. The van der Waals surface area contributed by atoms with Crippen molar-refractivity contribution in [2.45, 2.75) is 29.6 Å². The van der Waals surface area contributed by atoms with Crippen LogP contribution in [0.3, 0.4) is 0 Å². The Hall–Kier alpha value is -1.35. The highest BCUT2D eigenvalue weighted by atomic mass is 79.9. The van der Waals surface area contributed by atoms with Crippen molar-refractivity contribution in [3.63, 3.8) is 0 Å². The number of amides is 1. The van der Waals surface area contributed by atoms with Gasteiger partial charge in [0.1, 0.15) is 0 Å². The molecule has 0 radical (unpaired) electrons. The number of aryl methyl sites for hydroxylation is 1. The summed E-state index contributed by atoms with van der Waals surface area (Å²) in [6, 6.07) is 12.3. The van der Waals surface area contributed by atoms with E-state index in [0.717, 1.165) is 27.8 Å². The molecule has 1 N–H and O–H groups in total. The van der Waals surface area contributed by atoms with Gasteiger partial charge in [0.25, 0.3) is 0 Å².